The molecule has 2 unspecified atom stereocenters. The molecule has 2 aromatic rings. The highest BCUT2D eigenvalue weighted by Crippen LogP contribution is 2.41. The lowest BCUT2D eigenvalue weighted by Gasteiger charge is -2.22. The Kier molecular flexibility index (Phi) is 7.67. The van der Waals surface area contributed by atoms with Crippen molar-refractivity contribution in [1.29, 1.82) is 0 Å². The van der Waals surface area contributed by atoms with Gasteiger partial charge >= 0.3 is 12.1 Å². The maximum atomic E-state index is 12.8. The average Bonchev–Trinajstić information content (AvgIpc) is 3.29. The van der Waals surface area contributed by atoms with Crippen LogP contribution in [-0.4, -0.2) is 50.8 Å². The highest BCUT2D eigenvalue weighted by atomic mass is 35.5. The number of ether oxygens (including phenoxy) is 2. The fraction of sp³-hybridized carbons (Fsp3) is 0.267. The molecule has 2 heterocycles. The molecular formula is C30H29ClN2O5. The molecule has 0 bridgehead atoms. The van der Waals surface area contributed by atoms with Gasteiger partial charge in [-0.1, -0.05) is 54.1 Å². The van der Waals surface area contributed by atoms with E-state index >= 15 is 0 Å². The van der Waals surface area contributed by atoms with Crippen molar-refractivity contribution in [3.63, 3.8) is 0 Å². The van der Waals surface area contributed by atoms with Gasteiger partial charge in [-0.25, -0.2) is 4.79 Å². The number of carbonyl (C=O) groups excluding carboxylic acids is 2. The first-order valence-electron chi connectivity index (χ1n) is 12.5. The van der Waals surface area contributed by atoms with E-state index in [0.29, 0.717) is 5.02 Å². The first-order valence-corrected chi connectivity index (χ1v) is 12.9. The van der Waals surface area contributed by atoms with Crippen LogP contribution in [0.15, 0.2) is 77.4 Å². The van der Waals surface area contributed by atoms with Gasteiger partial charge in [-0.15, -0.1) is 0 Å². The molecule has 0 fully saturated rings. The fourth-order valence-corrected chi connectivity index (χ4v) is 5.31. The Bertz CT molecular complexity index is 1400. The summed E-state index contributed by atoms with van der Waals surface area (Å²) in [5.74, 6) is 0.0123. The smallest absolute Gasteiger partial charge is 0.412 e. The summed E-state index contributed by atoms with van der Waals surface area (Å²) in [6.45, 7) is 1.68. The van der Waals surface area contributed by atoms with Crippen molar-refractivity contribution in [2.75, 3.05) is 33.8 Å². The van der Waals surface area contributed by atoms with E-state index in [1.165, 1.54) is 7.11 Å². The van der Waals surface area contributed by atoms with E-state index in [0.717, 1.165) is 53.1 Å². The van der Waals surface area contributed by atoms with Crippen LogP contribution in [0.3, 0.4) is 0 Å². The Morgan fingerprint density at radius 3 is 2.71 bits per heavy atom. The Morgan fingerprint density at radius 2 is 1.92 bits per heavy atom. The summed E-state index contributed by atoms with van der Waals surface area (Å²) in [6, 6.07) is 21.0. The molecule has 1 amide bonds. The second kappa shape index (κ2) is 11.3. The van der Waals surface area contributed by atoms with Gasteiger partial charge in [0.15, 0.2) is 5.75 Å². The van der Waals surface area contributed by atoms with E-state index in [9.17, 15) is 9.59 Å². The van der Waals surface area contributed by atoms with Gasteiger partial charge in [0.1, 0.15) is 5.76 Å². The van der Waals surface area contributed by atoms with Gasteiger partial charge in [-0.2, -0.15) is 0 Å². The number of benzene rings is 2. The third kappa shape index (κ3) is 5.39. The Morgan fingerprint density at radius 1 is 1.11 bits per heavy atom. The van der Waals surface area contributed by atoms with Gasteiger partial charge < -0.3 is 24.1 Å². The molecule has 0 aromatic heterocycles. The predicted molar refractivity (Wildman–Crippen MR) is 145 cm³/mol. The summed E-state index contributed by atoms with van der Waals surface area (Å²) in [6.07, 6.45) is 1.81. The zero-order valence-corrected chi connectivity index (χ0v) is 22.0. The quantitative estimate of drug-likeness (QED) is 0.321. The summed E-state index contributed by atoms with van der Waals surface area (Å²) >= 11 is 6.58. The van der Waals surface area contributed by atoms with Crippen molar-refractivity contribution < 1.29 is 23.5 Å². The molecule has 2 aromatic carbocycles. The lowest BCUT2D eigenvalue weighted by Crippen LogP contribution is -2.34. The van der Waals surface area contributed by atoms with Crippen LogP contribution in [0.1, 0.15) is 34.1 Å². The van der Waals surface area contributed by atoms with E-state index < -0.39 is 18.0 Å². The zero-order chi connectivity index (χ0) is 26.6. The Hall–Kier alpha value is -3.81. The molecule has 0 saturated carbocycles. The van der Waals surface area contributed by atoms with Crippen LogP contribution in [0.2, 0.25) is 5.02 Å². The number of nitrogens with one attached hydrogen (secondary N) is 1. The van der Waals surface area contributed by atoms with Crippen LogP contribution in [0.25, 0.3) is 11.3 Å². The summed E-state index contributed by atoms with van der Waals surface area (Å²) in [4.78, 5) is 27.5. The number of nitrogens with zero attached hydrogens (tertiary/aromatic N) is 1. The van der Waals surface area contributed by atoms with Crippen molar-refractivity contribution in [2.24, 2.45) is 0 Å². The van der Waals surface area contributed by atoms with Crippen molar-refractivity contribution in [3.05, 3.63) is 100 Å². The maximum absolute atomic E-state index is 12.8. The van der Waals surface area contributed by atoms with Crippen molar-refractivity contribution in [1.82, 2.24) is 10.2 Å². The second-order valence-electron chi connectivity index (χ2n) is 9.49. The molecule has 5 rings (SSSR count). The van der Waals surface area contributed by atoms with Crippen LogP contribution >= 0.6 is 11.6 Å². The molecular weight excluding hydrogens is 504 g/mol. The highest BCUT2D eigenvalue weighted by molar-refractivity contribution is 6.32. The first kappa shape index (κ1) is 25.8. The minimum atomic E-state index is -0.701. The van der Waals surface area contributed by atoms with E-state index in [-0.39, 0.29) is 18.2 Å². The third-order valence-corrected chi connectivity index (χ3v) is 7.34. The Balaban J connectivity index is 1.39. The lowest BCUT2D eigenvalue weighted by molar-refractivity contribution is -0.142. The SMILES string of the molecule is COC(=O)C(CNC(=O)Oc1cc2c(cc1Cl)CCN(C)CC2c1ccc2cccoc1-2)c1ccccc1. The number of hydrogen-bond donors (Lipinski definition) is 1. The van der Waals surface area contributed by atoms with Gasteiger partial charge in [-0.05, 0) is 54.4 Å². The molecule has 0 spiro atoms. The topological polar surface area (TPSA) is 81.0 Å². The number of methoxy groups -OCH3 is 1. The normalized spacial score (nSPS) is 16.3. The van der Waals surface area contributed by atoms with Gasteiger partial charge in [-0.3, -0.25) is 4.79 Å². The molecule has 0 radical (unpaired) electrons. The molecule has 38 heavy (non-hydrogen) atoms. The van der Waals surface area contributed by atoms with E-state index in [4.69, 9.17) is 25.5 Å². The molecule has 2 atom stereocenters. The van der Waals surface area contributed by atoms with Crippen LogP contribution in [0.4, 0.5) is 4.79 Å². The molecule has 3 aliphatic rings. The molecule has 0 saturated heterocycles. The predicted octanol–water partition coefficient (Wildman–Crippen LogP) is 5.70. The zero-order valence-electron chi connectivity index (χ0n) is 21.3. The third-order valence-electron chi connectivity index (χ3n) is 7.05. The van der Waals surface area contributed by atoms with Gasteiger partial charge in [0.05, 0.1) is 24.3 Å². The summed E-state index contributed by atoms with van der Waals surface area (Å²) < 4.78 is 16.5. The standard InChI is InChI=1S/C30H29ClN2O5/c1-33-13-12-21-15-26(31)27(16-23(21)25(18-33)22-11-10-20-9-6-14-37-28(20)22)38-30(35)32-17-24(29(34)36-2)19-7-4-3-5-8-19/h3-11,14-16,24-25H,12-13,17-18H2,1-2H3,(H,32,35). The minimum absolute atomic E-state index is 0.00520. The van der Waals surface area contributed by atoms with E-state index in [1.807, 2.05) is 54.6 Å². The second-order valence-corrected chi connectivity index (χ2v) is 9.90. The summed E-state index contributed by atoms with van der Waals surface area (Å²) in [5, 5.41) is 3.04. The molecule has 1 aliphatic carbocycles. The summed E-state index contributed by atoms with van der Waals surface area (Å²) in [5.41, 5.74) is 5.01. The number of esters is 1. The lowest BCUT2D eigenvalue weighted by atomic mass is 9.88. The molecule has 196 valence electrons. The van der Waals surface area contributed by atoms with Gasteiger partial charge in [0, 0.05) is 36.7 Å². The number of amides is 1. The van der Waals surface area contributed by atoms with Crippen molar-refractivity contribution >= 4 is 23.7 Å². The molecule has 7 nitrogen and oxygen atoms in total. The molecule has 2 aliphatic heterocycles. The number of likely N-dealkylation sites (N-methyl/N-ethyl adjacent to an activating group) is 1. The first-order chi connectivity index (χ1) is 18.4. The van der Waals surface area contributed by atoms with Gasteiger partial charge in [0.25, 0.3) is 0 Å². The van der Waals surface area contributed by atoms with Crippen LogP contribution in [0.5, 0.6) is 5.75 Å². The number of hydrogen-bond acceptors (Lipinski definition) is 6. The van der Waals surface area contributed by atoms with Crippen molar-refractivity contribution in [3.8, 4) is 17.1 Å². The number of fused-ring (bicyclic) bond motifs is 2. The monoisotopic (exact) mass is 532 g/mol. The minimum Gasteiger partial charge on any atom is -0.468 e. The van der Waals surface area contributed by atoms with Crippen molar-refractivity contribution in [2.45, 2.75) is 18.3 Å². The number of rotatable bonds is 6. The highest BCUT2D eigenvalue weighted by Gasteiger charge is 2.29. The van der Waals surface area contributed by atoms with E-state index in [1.54, 1.807) is 6.26 Å². The van der Waals surface area contributed by atoms with Gasteiger partial charge in [0.2, 0.25) is 0 Å². The van der Waals surface area contributed by atoms with E-state index in [2.05, 4.69) is 29.4 Å². The van der Waals surface area contributed by atoms with Crippen LogP contribution in [0, 0.1) is 0 Å². The summed E-state index contributed by atoms with van der Waals surface area (Å²) in [7, 11) is 3.42. The number of carbonyl (C=O) groups is 2. The van der Waals surface area contributed by atoms with Crippen LogP contribution in [-0.2, 0) is 16.0 Å². The molecule has 1 N–H and O–H groups in total. The fourth-order valence-electron chi connectivity index (χ4n) is 5.08. The Labute approximate surface area is 226 Å². The largest absolute Gasteiger partial charge is 0.468 e. The average molecular weight is 533 g/mol. The number of halogens is 1. The van der Waals surface area contributed by atoms with Crippen LogP contribution < -0.4 is 10.1 Å². The maximum Gasteiger partial charge on any atom is 0.412 e. The molecule has 8 heteroatoms.